The van der Waals surface area contributed by atoms with Crippen molar-refractivity contribution in [2.75, 3.05) is 18.9 Å². The summed E-state index contributed by atoms with van der Waals surface area (Å²) in [7, 11) is 0. The number of aliphatic hydroxyl groups excluding tert-OH is 1. The maximum Gasteiger partial charge on any atom is 0.128 e. The number of hydrogen-bond acceptors (Lipinski definition) is 4. The van der Waals surface area contributed by atoms with Crippen LogP contribution in [0.3, 0.4) is 0 Å². The number of ether oxygens (including phenoxy) is 1. The van der Waals surface area contributed by atoms with Crippen LogP contribution in [-0.2, 0) is 0 Å². The lowest BCUT2D eigenvalue weighted by molar-refractivity contribution is 0.235. The van der Waals surface area contributed by atoms with Crippen LogP contribution in [-0.4, -0.2) is 23.3 Å². The number of nitrogens with zero attached hydrogens (tertiary/aromatic N) is 1. The Kier molecular flexibility index (Phi) is 3.22. The quantitative estimate of drug-likeness (QED) is 0.604. The summed E-state index contributed by atoms with van der Waals surface area (Å²) in [5.74, 6) is 0.755. The molecule has 1 aromatic carbocycles. The molecule has 0 aliphatic carbocycles. The molecule has 0 saturated heterocycles. The Balaban J connectivity index is 2.35. The predicted molar refractivity (Wildman–Crippen MR) is 63.4 cm³/mol. The largest absolute Gasteiger partial charge is 0.493 e. The average Bonchev–Trinajstić information content (AvgIpc) is 2.33. The van der Waals surface area contributed by atoms with Gasteiger partial charge in [-0.05, 0) is 24.3 Å². The molecule has 0 radical (unpaired) electrons. The predicted octanol–water partition coefficient (Wildman–Crippen LogP) is 1.58. The van der Waals surface area contributed by atoms with E-state index in [1.807, 2.05) is 18.2 Å². The van der Waals surface area contributed by atoms with E-state index < -0.39 is 0 Å². The van der Waals surface area contributed by atoms with Crippen molar-refractivity contribution < 1.29 is 9.84 Å². The molecular formula is C12H14N2O2. The highest BCUT2D eigenvalue weighted by Crippen LogP contribution is 2.28. The van der Waals surface area contributed by atoms with Gasteiger partial charge in [0.15, 0.2) is 0 Å². The zero-order chi connectivity index (χ0) is 11.4. The summed E-state index contributed by atoms with van der Waals surface area (Å²) >= 11 is 0. The van der Waals surface area contributed by atoms with Gasteiger partial charge in [-0.25, -0.2) is 0 Å². The summed E-state index contributed by atoms with van der Waals surface area (Å²) < 4.78 is 5.56. The molecule has 0 aliphatic heterocycles. The van der Waals surface area contributed by atoms with Crippen molar-refractivity contribution in [3.63, 3.8) is 0 Å². The van der Waals surface area contributed by atoms with E-state index in [4.69, 9.17) is 15.6 Å². The van der Waals surface area contributed by atoms with Crippen LogP contribution >= 0.6 is 0 Å². The minimum Gasteiger partial charge on any atom is -0.493 e. The van der Waals surface area contributed by atoms with Gasteiger partial charge in [-0.2, -0.15) is 0 Å². The van der Waals surface area contributed by atoms with E-state index in [-0.39, 0.29) is 6.61 Å². The Labute approximate surface area is 93.7 Å². The molecule has 4 nitrogen and oxygen atoms in total. The van der Waals surface area contributed by atoms with Gasteiger partial charge in [0, 0.05) is 24.6 Å². The lowest BCUT2D eigenvalue weighted by Crippen LogP contribution is -2.01. The summed E-state index contributed by atoms with van der Waals surface area (Å²) in [6.07, 6.45) is 2.32. The van der Waals surface area contributed by atoms with Crippen molar-refractivity contribution in [3.8, 4) is 5.75 Å². The second kappa shape index (κ2) is 4.81. The van der Waals surface area contributed by atoms with Crippen LogP contribution in [0.15, 0.2) is 30.5 Å². The van der Waals surface area contributed by atoms with Gasteiger partial charge >= 0.3 is 0 Å². The second-order valence-corrected chi connectivity index (χ2v) is 3.48. The highest BCUT2D eigenvalue weighted by Gasteiger charge is 2.05. The number of nitrogens with two attached hydrogens (primary N) is 1. The fourth-order valence-electron chi connectivity index (χ4n) is 1.54. The molecule has 2 aromatic rings. The zero-order valence-corrected chi connectivity index (χ0v) is 8.89. The maximum atomic E-state index is 8.69. The van der Waals surface area contributed by atoms with E-state index in [9.17, 15) is 0 Å². The summed E-state index contributed by atoms with van der Waals surface area (Å²) in [5, 5.41) is 9.59. The van der Waals surface area contributed by atoms with Crippen molar-refractivity contribution in [2.24, 2.45) is 0 Å². The Hall–Kier alpha value is -1.81. The molecule has 1 heterocycles. The van der Waals surface area contributed by atoms with Crippen LogP contribution in [0, 0.1) is 0 Å². The lowest BCUT2D eigenvalue weighted by atomic mass is 10.2. The number of pyridine rings is 1. The van der Waals surface area contributed by atoms with E-state index in [1.54, 1.807) is 12.3 Å². The van der Waals surface area contributed by atoms with Crippen LogP contribution in [0.2, 0.25) is 0 Å². The highest BCUT2D eigenvalue weighted by molar-refractivity contribution is 5.93. The molecular weight excluding hydrogens is 204 g/mol. The molecule has 84 valence electrons. The van der Waals surface area contributed by atoms with Crippen molar-refractivity contribution >= 4 is 16.6 Å². The van der Waals surface area contributed by atoms with E-state index in [1.165, 1.54) is 0 Å². The molecule has 0 bridgehead atoms. The van der Waals surface area contributed by atoms with Crippen molar-refractivity contribution in [3.05, 3.63) is 30.5 Å². The van der Waals surface area contributed by atoms with E-state index >= 15 is 0 Å². The van der Waals surface area contributed by atoms with E-state index in [2.05, 4.69) is 4.98 Å². The Morgan fingerprint density at radius 2 is 2.19 bits per heavy atom. The number of benzene rings is 1. The Morgan fingerprint density at radius 1 is 1.31 bits per heavy atom. The van der Waals surface area contributed by atoms with Gasteiger partial charge < -0.3 is 15.6 Å². The fourth-order valence-corrected chi connectivity index (χ4v) is 1.54. The van der Waals surface area contributed by atoms with Crippen LogP contribution in [0.1, 0.15) is 6.42 Å². The molecule has 0 amide bonds. The number of aromatic nitrogens is 1. The van der Waals surface area contributed by atoms with Gasteiger partial charge in [-0.3, -0.25) is 4.98 Å². The van der Waals surface area contributed by atoms with Crippen LogP contribution in [0.5, 0.6) is 5.75 Å². The molecule has 0 saturated carbocycles. The molecule has 2 rings (SSSR count). The number of rotatable bonds is 4. The van der Waals surface area contributed by atoms with Crippen molar-refractivity contribution in [1.29, 1.82) is 0 Å². The molecule has 0 aliphatic rings. The Bertz CT molecular complexity index is 485. The minimum atomic E-state index is 0.130. The third kappa shape index (κ3) is 2.06. The van der Waals surface area contributed by atoms with Crippen LogP contribution < -0.4 is 10.5 Å². The van der Waals surface area contributed by atoms with Crippen molar-refractivity contribution in [1.82, 2.24) is 4.98 Å². The molecule has 16 heavy (non-hydrogen) atoms. The van der Waals surface area contributed by atoms with E-state index in [0.717, 1.165) is 16.7 Å². The van der Waals surface area contributed by atoms with Gasteiger partial charge in [0.25, 0.3) is 0 Å². The summed E-state index contributed by atoms with van der Waals surface area (Å²) in [4.78, 5) is 4.22. The highest BCUT2D eigenvalue weighted by atomic mass is 16.5. The first kappa shape index (κ1) is 10.7. The first-order valence-electron chi connectivity index (χ1n) is 5.20. The first-order chi connectivity index (χ1) is 7.83. The summed E-state index contributed by atoms with van der Waals surface area (Å²) in [6, 6.07) is 7.38. The SMILES string of the molecule is Nc1ccc(OCCCO)c2cccnc12. The number of anilines is 1. The molecule has 1 aromatic heterocycles. The first-order valence-corrected chi connectivity index (χ1v) is 5.20. The van der Waals surface area contributed by atoms with Gasteiger partial charge in [0.1, 0.15) is 5.75 Å². The third-order valence-electron chi connectivity index (χ3n) is 2.32. The summed E-state index contributed by atoms with van der Waals surface area (Å²) in [6.45, 7) is 0.621. The number of hydrogen-bond donors (Lipinski definition) is 2. The topological polar surface area (TPSA) is 68.4 Å². The van der Waals surface area contributed by atoms with Crippen LogP contribution in [0.4, 0.5) is 5.69 Å². The van der Waals surface area contributed by atoms with Gasteiger partial charge in [-0.1, -0.05) is 0 Å². The Morgan fingerprint density at radius 3 is 3.00 bits per heavy atom. The normalized spacial score (nSPS) is 10.6. The zero-order valence-electron chi connectivity index (χ0n) is 8.89. The third-order valence-corrected chi connectivity index (χ3v) is 2.32. The summed E-state index contributed by atoms with van der Waals surface area (Å²) in [5.41, 5.74) is 7.22. The molecule has 0 spiro atoms. The molecule has 0 fully saturated rings. The van der Waals surface area contributed by atoms with Crippen LogP contribution in [0.25, 0.3) is 10.9 Å². The second-order valence-electron chi connectivity index (χ2n) is 3.48. The molecule has 0 atom stereocenters. The van der Waals surface area contributed by atoms with Gasteiger partial charge in [-0.15, -0.1) is 0 Å². The van der Waals surface area contributed by atoms with Gasteiger partial charge in [0.2, 0.25) is 0 Å². The maximum absolute atomic E-state index is 8.69. The standard InChI is InChI=1S/C12H14N2O2/c13-10-4-5-11(16-8-2-7-15)9-3-1-6-14-12(9)10/h1,3-6,15H,2,7-8,13H2. The molecule has 0 unspecified atom stereocenters. The smallest absolute Gasteiger partial charge is 0.128 e. The van der Waals surface area contributed by atoms with Crippen molar-refractivity contribution in [2.45, 2.75) is 6.42 Å². The monoisotopic (exact) mass is 218 g/mol. The number of fused-ring (bicyclic) bond motifs is 1. The molecule has 3 N–H and O–H groups in total. The van der Waals surface area contributed by atoms with Gasteiger partial charge in [0.05, 0.1) is 17.8 Å². The number of aliphatic hydroxyl groups is 1. The number of nitrogen functional groups attached to an aromatic ring is 1. The lowest BCUT2D eigenvalue weighted by Gasteiger charge is -2.09. The average molecular weight is 218 g/mol. The fraction of sp³-hybridized carbons (Fsp3) is 0.250. The minimum absolute atomic E-state index is 0.130. The van der Waals surface area contributed by atoms with E-state index in [0.29, 0.717) is 18.7 Å². The molecule has 4 heteroatoms.